The minimum absolute atomic E-state index is 0.0145. The molecule has 0 unspecified atom stereocenters. The lowest BCUT2D eigenvalue weighted by Crippen LogP contribution is -2.66. The Hall–Kier alpha value is -3.95. The molecule has 8 nitrogen and oxygen atoms in total. The summed E-state index contributed by atoms with van der Waals surface area (Å²) in [4.78, 5) is 27.6. The average Bonchev–Trinajstić information content (AvgIpc) is 3.36. The van der Waals surface area contributed by atoms with Crippen LogP contribution in [0.5, 0.6) is 0 Å². The van der Waals surface area contributed by atoms with Gasteiger partial charge in [-0.3, -0.25) is 9.78 Å². The van der Waals surface area contributed by atoms with Crippen LogP contribution in [0.4, 0.5) is 14.6 Å². The lowest BCUT2D eigenvalue weighted by molar-refractivity contribution is 0.00739. The fourth-order valence-electron chi connectivity index (χ4n) is 4.89. The first kappa shape index (κ1) is 20.6. The number of rotatable bonds is 3. The van der Waals surface area contributed by atoms with Gasteiger partial charge in [-0.1, -0.05) is 6.07 Å². The molecule has 0 radical (unpaired) electrons. The van der Waals surface area contributed by atoms with E-state index < -0.39 is 5.82 Å². The van der Waals surface area contributed by atoms with E-state index in [1.807, 2.05) is 0 Å². The van der Waals surface area contributed by atoms with Crippen LogP contribution in [0.3, 0.4) is 0 Å². The van der Waals surface area contributed by atoms with Gasteiger partial charge in [-0.25, -0.2) is 13.8 Å². The van der Waals surface area contributed by atoms with Crippen LogP contribution >= 0.6 is 0 Å². The highest BCUT2D eigenvalue weighted by Gasteiger charge is 2.46. The van der Waals surface area contributed by atoms with Crippen molar-refractivity contribution in [2.24, 2.45) is 5.92 Å². The monoisotopic (exact) mass is 461 g/mol. The number of amides is 1. The van der Waals surface area contributed by atoms with Gasteiger partial charge in [0, 0.05) is 31.6 Å². The van der Waals surface area contributed by atoms with Crippen molar-refractivity contribution in [3.63, 3.8) is 0 Å². The first-order chi connectivity index (χ1) is 16.5. The van der Waals surface area contributed by atoms with Crippen LogP contribution in [0, 0.1) is 24.5 Å². The highest BCUT2D eigenvalue weighted by atomic mass is 19.1. The molecule has 2 saturated heterocycles. The van der Waals surface area contributed by atoms with Gasteiger partial charge in [0.1, 0.15) is 28.7 Å². The molecule has 2 aromatic carbocycles. The van der Waals surface area contributed by atoms with Crippen LogP contribution in [-0.4, -0.2) is 61.4 Å². The lowest BCUT2D eigenvalue weighted by Gasteiger charge is -2.53. The second-order valence-corrected chi connectivity index (χ2v) is 8.79. The third-order valence-corrected chi connectivity index (χ3v) is 6.79. The SMILES string of the molecule is Cc1ccc(-n2nccn2)c(C(=O)N2C[C@@H]3CCN(c4cnc5cc(F)ccc5n4)C[C@@H]32)c1F. The third kappa shape index (κ3) is 3.28. The molecule has 0 bridgehead atoms. The minimum atomic E-state index is -0.552. The zero-order chi connectivity index (χ0) is 23.4. The molecule has 0 spiro atoms. The number of nitrogens with zero attached hydrogens (tertiary/aromatic N) is 7. The number of anilines is 1. The summed E-state index contributed by atoms with van der Waals surface area (Å²) in [5.74, 6) is -0.242. The van der Waals surface area contributed by atoms with Gasteiger partial charge in [-0.15, -0.1) is 0 Å². The van der Waals surface area contributed by atoms with Gasteiger partial charge in [-0.05, 0) is 37.1 Å². The molecule has 6 rings (SSSR count). The van der Waals surface area contributed by atoms with E-state index in [0.717, 1.165) is 13.0 Å². The van der Waals surface area contributed by atoms with Gasteiger partial charge in [0.2, 0.25) is 0 Å². The number of piperidine rings is 1. The smallest absolute Gasteiger partial charge is 0.259 e. The molecule has 4 heterocycles. The van der Waals surface area contributed by atoms with E-state index in [1.165, 1.54) is 29.3 Å². The Bertz CT molecular complexity index is 1410. The number of halogens is 2. The molecule has 0 aliphatic carbocycles. The molecule has 4 aromatic rings. The standard InChI is InChI=1S/C24H21F2N7O/c1-14-2-5-19(33-28-7-8-29-33)22(23(14)26)24(34)32-12-15-6-9-31(13-20(15)32)21-11-27-18-10-16(25)3-4-17(18)30-21/h2-5,7-8,10-11,15,20H,6,9,12-13H2,1H3/t15-,20-/m0/s1. The molecule has 172 valence electrons. The fraction of sp³-hybridized carbons (Fsp3) is 0.292. The highest BCUT2D eigenvalue weighted by Crippen LogP contribution is 2.36. The van der Waals surface area contributed by atoms with Gasteiger partial charge < -0.3 is 9.80 Å². The van der Waals surface area contributed by atoms with Gasteiger partial charge in [0.05, 0.1) is 35.7 Å². The first-order valence-corrected chi connectivity index (χ1v) is 11.1. The normalized spacial score (nSPS) is 19.7. The zero-order valence-electron chi connectivity index (χ0n) is 18.4. The van der Waals surface area contributed by atoms with Crippen LogP contribution in [0.25, 0.3) is 16.7 Å². The van der Waals surface area contributed by atoms with Gasteiger partial charge >= 0.3 is 0 Å². The van der Waals surface area contributed by atoms with E-state index in [1.54, 1.807) is 36.2 Å². The van der Waals surface area contributed by atoms with Gasteiger partial charge in [0.25, 0.3) is 5.91 Å². The van der Waals surface area contributed by atoms with Gasteiger partial charge in [0.15, 0.2) is 0 Å². The number of aryl methyl sites for hydroxylation is 1. The Morgan fingerprint density at radius 1 is 1.06 bits per heavy atom. The summed E-state index contributed by atoms with van der Waals surface area (Å²) >= 11 is 0. The molecular formula is C24H21F2N7O. The number of carbonyl (C=O) groups is 1. The molecule has 2 aromatic heterocycles. The summed E-state index contributed by atoms with van der Waals surface area (Å²) in [7, 11) is 0. The number of aromatic nitrogens is 5. The summed E-state index contributed by atoms with van der Waals surface area (Å²) in [6, 6.07) is 7.55. The second-order valence-electron chi connectivity index (χ2n) is 8.79. The van der Waals surface area contributed by atoms with E-state index in [0.29, 0.717) is 47.1 Å². The van der Waals surface area contributed by atoms with Crippen molar-refractivity contribution in [3.05, 3.63) is 71.7 Å². The maximum absolute atomic E-state index is 15.2. The van der Waals surface area contributed by atoms with Crippen molar-refractivity contribution in [1.29, 1.82) is 0 Å². The van der Waals surface area contributed by atoms with Crippen molar-refractivity contribution in [2.45, 2.75) is 19.4 Å². The summed E-state index contributed by atoms with van der Waals surface area (Å²) in [6.45, 7) is 3.57. The predicted molar refractivity (Wildman–Crippen MR) is 121 cm³/mol. The van der Waals surface area contributed by atoms with Crippen LogP contribution in [0.2, 0.25) is 0 Å². The number of carbonyl (C=O) groups excluding carboxylic acids is 1. The first-order valence-electron chi connectivity index (χ1n) is 11.1. The van der Waals surface area contributed by atoms with E-state index in [2.05, 4.69) is 25.1 Å². The zero-order valence-corrected chi connectivity index (χ0v) is 18.4. The molecule has 34 heavy (non-hydrogen) atoms. The van der Waals surface area contributed by atoms with Crippen LogP contribution in [-0.2, 0) is 0 Å². The Kier molecular flexibility index (Phi) is 4.75. The Balaban J connectivity index is 1.28. The van der Waals surface area contributed by atoms with Crippen LogP contribution < -0.4 is 4.90 Å². The van der Waals surface area contributed by atoms with Crippen molar-refractivity contribution in [2.75, 3.05) is 24.5 Å². The highest BCUT2D eigenvalue weighted by molar-refractivity contribution is 5.99. The molecule has 1 amide bonds. The average molecular weight is 461 g/mol. The fourth-order valence-corrected chi connectivity index (χ4v) is 4.89. The van der Waals surface area contributed by atoms with Crippen molar-refractivity contribution in [3.8, 4) is 5.69 Å². The number of benzene rings is 2. The molecule has 2 aliphatic rings. The molecule has 10 heteroatoms. The number of likely N-dealkylation sites (tertiary alicyclic amines) is 1. The van der Waals surface area contributed by atoms with Crippen LogP contribution in [0.15, 0.2) is 48.9 Å². The molecule has 0 N–H and O–H groups in total. The molecule has 2 aliphatic heterocycles. The molecular weight excluding hydrogens is 440 g/mol. The maximum atomic E-state index is 15.2. The van der Waals surface area contributed by atoms with E-state index in [-0.39, 0.29) is 23.3 Å². The second kappa shape index (κ2) is 7.82. The summed E-state index contributed by atoms with van der Waals surface area (Å²) in [5, 5.41) is 8.18. The summed E-state index contributed by atoms with van der Waals surface area (Å²) in [6.07, 6.45) is 5.50. The van der Waals surface area contributed by atoms with Gasteiger partial charge in [-0.2, -0.15) is 15.0 Å². The topological polar surface area (TPSA) is 80.0 Å². The summed E-state index contributed by atoms with van der Waals surface area (Å²) < 4.78 is 28.7. The molecule has 2 fully saturated rings. The lowest BCUT2D eigenvalue weighted by atomic mass is 9.81. The Labute approximate surface area is 193 Å². The van der Waals surface area contributed by atoms with Crippen molar-refractivity contribution < 1.29 is 13.6 Å². The van der Waals surface area contributed by atoms with Crippen molar-refractivity contribution in [1.82, 2.24) is 29.9 Å². The quantitative estimate of drug-likeness (QED) is 0.466. The van der Waals surface area contributed by atoms with E-state index >= 15 is 4.39 Å². The number of hydrogen-bond donors (Lipinski definition) is 0. The minimum Gasteiger partial charge on any atom is -0.353 e. The maximum Gasteiger partial charge on any atom is 0.259 e. The third-order valence-electron chi connectivity index (χ3n) is 6.79. The molecule has 0 saturated carbocycles. The van der Waals surface area contributed by atoms with Crippen LogP contribution in [0.1, 0.15) is 22.3 Å². The predicted octanol–water partition coefficient (Wildman–Crippen LogP) is 3.15. The van der Waals surface area contributed by atoms with E-state index in [9.17, 15) is 9.18 Å². The Morgan fingerprint density at radius 3 is 2.71 bits per heavy atom. The van der Waals surface area contributed by atoms with E-state index in [4.69, 9.17) is 0 Å². The molecule has 2 atom stereocenters. The summed E-state index contributed by atoms with van der Waals surface area (Å²) in [5.41, 5.74) is 1.81. The van der Waals surface area contributed by atoms with Crippen molar-refractivity contribution >= 4 is 22.8 Å². The number of fused-ring (bicyclic) bond motifs is 2. The largest absolute Gasteiger partial charge is 0.353 e. The number of hydrogen-bond acceptors (Lipinski definition) is 6. The Morgan fingerprint density at radius 2 is 1.88 bits per heavy atom.